The van der Waals surface area contributed by atoms with Crippen LogP contribution in [0.2, 0.25) is 5.02 Å². The monoisotopic (exact) mass is 449 g/mol. The highest BCUT2D eigenvalue weighted by Crippen LogP contribution is 2.31. The predicted octanol–water partition coefficient (Wildman–Crippen LogP) is 5.35. The average Bonchev–Trinajstić information content (AvgIpc) is 3.13. The van der Waals surface area contributed by atoms with Crippen molar-refractivity contribution in [3.8, 4) is 11.3 Å². The number of alkyl halides is 3. The van der Waals surface area contributed by atoms with E-state index in [0.717, 1.165) is 18.3 Å². The third-order valence-corrected chi connectivity index (χ3v) is 5.46. The van der Waals surface area contributed by atoms with Crippen molar-refractivity contribution in [1.82, 2.24) is 9.38 Å². The number of aromatic nitrogens is 2. The molecule has 0 bridgehead atoms. The van der Waals surface area contributed by atoms with E-state index in [1.807, 2.05) is 0 Å². The molecule has 0 aliphatic heterocycles. The van der Waals surface area contributed by atoms with Crippen molar-refractivity contribution < 1.29 is 18.0 Å². The molecule has 0 saturated heterocycles. The Hall–Kier alpha value is -3.17. The lowest BCUT2D eigenvalue weighted by atomic mass is 10.1. The second-order valence-corrected chi connectivity index (χ2v) is 7.47. The molecule has 4 aromatic rings. The minimum Gasteiger partial charge on any atom is -0.322 e. The Morgan fingerprint density at radius 1 is 1.13 bits per heavy atom. The van der Waals surface area contributed by atoms with Gasteiger partial charge in [0, 0.05) is 27.9 Å². The predicted molar refractivity (Wildman–Crippen MR) is 109 cm³/mol. The minimum absolute atomic E-state index is 0.0871. The fourth-order valence-corrected chi connectivity index (χ4v) is 3.96. The zero-order valence-corrected chi connectivity index (χ0v) is 16.5. The number of hydrogen-bond donors (Lipinski definition) is 1. The van der Waals surface area contributed by atoms with E-state index in [1.54, 1.807) is 29.6 Å². The van der Waals surface area contributed by atoms with Gasteiger partial charge in [0.25, 0.3) is 11.5 Å². The second kappa shape index (κ2) is 7.58. The van der Waals surface area contributed by atoms with Gasteiger partial charge in [-0.05, 0) is 24.3 Å². The quantitative estimate of drug-likeness (QED) is 0.458. The van der Waals surface area contributed by atoms with Crippen molar-refractivity contribution >= 4 is 39.5 Å². The van der Waals surface area contributed by atoms with Crippen molar-refractivity contribution in [2.24, 2.45) is 0 Å². The Balaban J connectivity index is 1.75. The van der Waals surface area contributed by atoms with Crippen LogP contribution in [0.1, 0.15) is 15.9 Å². The molecule has 0 aliphatic carbocycles. The van der Waals surface area contributed by atoms with Crippen LogP contribution in [0.4, 0.5) is 18.9 Å². The summed E-state index contributed by atoms with van der Waals surface area (Å²) in [5, 5.41) is 4.44. The molecule has 10 heteroatoms. The van der Waals surface area contributed by atoms with Crippen LogP contribution >= 0.6 is 22.9 Å². The van der Waals surface area contributed by atoms with Gasteiger partial charge in [-0.25, -0.2) is 4.98 Å². The van der Waals surface area contributed by atoms with E-state index < -0.39 is 23.2 Å². The lowest BCUT2D eigenvalue weighted by molar-refractivity contribution is -0.137. The molecule has 2 aromatic carbocycles. The van der Waals surface area contributed by atoms with E-state index >= 15 is 0 Å². The van der Waals surface area contributed by atoms with Gasteiger partial charge in [0.1, 0.15) is 5.56 Å². The molecule has 0 unspecified atom stereocenters. The number of carbonyl (C=O) groups excluding carboxylic acids is 1. The van der Waals surface area contributed by atoms with Gasteiger partial charge in [0.2, 0.25) is 0 Å². The number of nitrogens with zero attached hydrogens (tertiary/aromatic N) is 2. The number of benzene rings is 2. The highest BCUT2D eigenvalue weighted by molar-refractivity contribution is 7.15. The van der Waals surface area contributed by atoms with Gasteiger partial charge in [-0.15, -0.1) is 11.3 Å². The third kappa shape index (κ3) is 3.69. The van der Waals surface area contributed by atoms with Crippen molar-refractivity contribution in [3.63, 3.8) is 0 Å². The Labute approximate surface area is 176 Å². The maximum absolute atomic E-state index is 13.0. The summed E-state index contributed by atoms with van der Waals surface area (Å²) in [6, 6.07) is 11.1. The largest absolute Gasteiger partial charge is 0.416 e. The molecule has 0 radical (unpaired) electrons. The topological polar surface area (TPSA) is 63.5 Å². The van der Waals surface area contributed by atoms with Gasteiger partial charge < -0.3 is 5.32 Å². The highest BCUT2D eigenvalue weighted by atomic mass is 35.5. The van der Waals surface area contributed by atoms with Gasteiger partial charge >= 0.3 is 6.18 Å². The molecular formula is C20H11ClF3N3O2S. The molecule has 5 nitrogen and oxygen atoms in total. The number of anilines is 1. The van der Waals surface area contributed by atoms with Crippen LogP contribution in [-0.4, -0.2) is 15.3 Å². The van der Waals surface area contributed by atoms with E-state index in [4.69, 9.17) is 11.6 Å². The summed E-state index contributed by atoms with van der Waals surface area (Å²) < 4.78 is 39.9. The van der Waals surface area contributed by atoms with Crippen LogP contribution in [0.5, 0.6) is 0 Å². The number of amides is 1. The fraction of sp³-hybridized carbons (Fsp3) is 0.0500. The summed E-state index contributed by atoms with van der Waals surface area (Å²) in [7, 11) is 0. The van der Waals surface area contributed by atoms with Gasteiger partial charge in [-0.3, -0.25) is 14.0 Å². The molecule has 0 saturated carbocycles. The third-order valence-electron chi connectivity index (χ3n) is 4.29. The van der Waals surface area contributed by atoms with Gasteiger partial charge in [-0.1, -0.05) is 35.9 Å². The first kappa shape index (κ1) is 20.1. The Morgan fingerprint density at radius 3 is 2.63 bits per heavy atom. The summed E-state index contributed by atoms with van der Waals surface area (Å²) >= 11 is 7.42. The average molecular weight is 450 g/mol. The van der Waals surface area contributed by atoms with E-state index in [0.29, 0.717) is 21.2 Å². The summed E-state index contributed by atoms with van der Waals surface area (Å²) in [6.07, 6.45) is -3.45. The SMILES string of the molecule is O=C(Nc1cccc(C(F)(F)F)c1)c1cnc2scc(-c3ccccc3Cl)n2c1=O. The Bertz CT molecular complexity index is 1330. The normalized spacial score (nSPS) is 11.6. The van der Waals surface area contributed by atoms with Crippen LogP contribution in [0.3, 0.4) is 0 Å². The van der Waals surface area contributed by atoms with E-state index in [-0.39, 0.29) is 11.3 Å². The van der Waals surface area contributed by atoms with Crippen molar-refractivity contribution in [3.05, 3.63) is 86.6 Å². The molecule has 1 N–H and O–H groups in total. The van der Waals surface area contributed by atoms with E-state index in [2.05, 4.69) is 10.3 Å². The summed E-state index contributed by atoms with van der Waals surface area (Å²) in [4.78, 5) is 30.1. The zero-order chi connectivity index (χ0) is 21.5. The maximum Gasteiger partial charge on any atom is 0.416 e. The van der Waals surface area contributed by atoms with Crippen LogP contribution in [-0.2, 0) is 6.18 Å². The Kier molecular flexibility index (Phi) is 5.08. The highest BCUT2D eigenvalue weighted by Gasteiger charge is 2.30. The molecule has 0 aliphatic rings. The molecule has 1 amide bonds. The molecule has 0 spiro atoms. The van der Waals surface area contributed by atoms with Crippen LogP contribution in [0, 0.1) is 0 Å². The van der Waals surface area contributed by atoms with Crippen LogP contribution in [0.15, 0.2) is 64.9 Å². The molecule has 152 valence electrons. The molecular weight excluding hydrogens is 439 g/mol. The van der Waals surface area contributed by atoms with Crippen molar-refractivity contribution in [2.75, 3.05) is 5.32 Å². The van der Waals surface area contributed by atoms with Gasteiger partial charge in [-0.2, -0.15) is 13.2 Å². The second-order valence-electron chi connectivity index (χ2n) is 6.23. The van der Waals surface area contributed by atoms with Crippen molar-refractivity contribution in [1.29, 1.82) is 0 Å². The standard InChI is InChI=1S/C20H11ClF3N3O2S/c21-15-7-2-1-6-13(15)16-10-30-19-25-9-14(18(29)27(16)19)17(28)26-12-5-3-4-11(8-12)20(22,23)24/h1-10H,(H,26,28). The number of rotatable bonds is 3. The smallest absolute Gasteiger partial charge is 0.322 e. The van der Waals surface area contributed by atoms with Gasteiger partial charge in [0.05, 0.1) is 11.3 Å². The lowest BCUT2D eigenvalue weighted by Crippen LogP contribution is -2.26. The van der Waals surface area contributed by atoms with Crippen LogP contribution in [0.25, 0.3) is 16.2 Å². The van der Waals surface area contributed by atoms with E-state index in [9.17, 15) is 22.8 Å². The van der Waals surface area contributed by atoms with Gasteiger partial charge in [0.15, 0.2) is 4.96 Å². The number of halogens is 4. The number of nitrogens with one attached hydrogen (secondary N) is 1. The molecule has 0 fully saturated rings. The zero-order valence-electron chi connectivity index (χ0n) is 14.9. The maximum atomic E-state index is 13.0. The first-order chi connectivity index (χ1) is 14.3. The van der Waals surface area contributed by atoms with Crippen molar-refractivity contribution in [2.45, 2.75) is 6.18 Å². The molecule has 2 heterocycles. The number of hydrogen-bond acceptors (Lipinski definition) is 4. The fourth-order valence-electron chi connectivity index (χ4n) is 2.88. The summed E-state index contributed by atoms with van der Waals surface area (Å²) in [5.41, 5.74) is -0.908. The Morgan fingerprint density at radius 2 is 1.90 bits per heavy atom. The molecule has 4 rings (SSSR count). The molecule has 30 heavy (non-hydrogen) atoms. The van der Waals surface area contributed by atoms with Crippen LogP contribution < -0.4 is 10.9 Å². The molecule has 2 aromatic heterocycles. The van der Waals surface area contributed by atoms with E-state index in [1.165, 1.54) is 27.9 Å². The summed E-state index contributed by atoms with van der Waals surface area (Å²) in [6.45, 7) is 0. The number of thiazole rings is 1. The summed E-state index contributed by atoms with van der Waals surface area (Å²) in [5.74, 6) is -0.863. The number of carbonyl (C=O) groups is 1. The minimum atomic E-state index is -4.55. The number of fused-ring (bicyclic) bond motifs is 1. The molecule has 0 atom stereocenters. The first-order valence-corrected chi connectivity index (χ1v) is 9.74. The first-order valence-electron chi connectivity index (χ1n) is 8.48. The lowest BCUT2D eigenvalue weighted by Gasteiger charge is -2.10.